The van der Waals surface area contributed by atoms with Crippen LogP contribution in [0.4, 0.5) is 10.5 Å². The fourth-order valence-corrected chi connectivity index (χ4v) is 4.21. The number of hydrogen-bond acceptors (Lipinski definition) is 6. The number of carboxylic acids is 1. The number of benzene rings is 3. The van der Waals surface area contributed by atoms with Crippen molar-refractivity contribution in [3.8, 4) is 11.5 Å². The maximum atomic E-state index is 12.9. The number of ether oxygens (including phenoxy) is 2. The average Bonchev–Trinajstić information content (AvgIpc) is 2.87. The van der Waals surface area contributed by atoms with E-state index < -0.39 is 24.3 Å². The van der Waals surface area contributed by atoms with Crippen molar-refractivity contribution in [3.63, 3.8) is 0 Å². The SMILES string of the molecule is CSc1ccc(NC(=O)O[C@H](c2cc(Br)ccc2O)[C@@H](CC/C=C/C(=O)O)Oc2ccccc2)cc1. The summed E-state index contributed by atoms with van der Waals surface area (Å²) in [4.78, 5) is 24.9. The highest BCUT2D eigenvalue weighted by molar-refractivity contribution is 9.10. The van der Waals surface area contributed by atoms with Gasteiger partial charge in [0.25, 0.3) is 0 Å². The fourth-order valence-electron chi connectivity index (χ4n) is 3.42. The number of carbonyl (C=O) groups is 2. The van der Waals surface area contributed by atoms with Crippen LogP contribution < -0.4 is 10.1 Å². The van der Waals surface area contributed by atoms with Gasteiger partial charge in [0.2, 0.25) is 0 Å². The van der Waals surface area contributed by atoms with Gasteiger partial charge in [0.05, 0.1) is 0 Å². The van der Waals surface area contributed by atoms with Crippen LogP contribution in [0.25, 0.3) is 0 Å². The Morgan fingerprint density at radius 1 is 1.08 bits per heavy atom. The van der Waals surface area contributed by atoms with E-state index in [1.54, 1.807) is 48.2 Å². The number of aliphatic carboxylic acids is 1. The van der Waals surface area contributed by atoms with Crippen molar-refractivity contribution >= 4 is 45.4 Å². The van der Waals surface area contributed by atoms with Crippen LogP contribution >= 0.6 is 27.7 Å². The summed E-state index contributed by atoms with van der Waals surface area (Å²) in [6.07, 6.45) is 2.71. The third-order valence-electron chi connectivity index (χ3n) is 5.11. The molecule has 3 N–H and O–H groups in total. The third-order valence-corrected chi connectivity index (χ3v) is 6.35. The highest BCUT2D eigenvalue weighted by atomic mass is 79.9. The van der Waals surface area contributed by atoms with E-state index in [9.17, 15) is 14.7 Å². The largest absolute Gasteiger partial charge is 0.508 e. The number of nitrogens with one attached hydrogen (secondary N) is 1. The van der Waals surface area contributed by atoms with Crippen molar-refractivity contribution in [2.75, 3.05) is 11.6 Å². The van der Waals surface area contributed by atoms with Gasteiger partial charge in [-0.1, -0.05) is 40.2 Å². The van der Waals surface area contributed by atoms with E-state index in [-0.39, 0.29) is 5.75 Å². The maximum absolute atomic E-state index is 12.9. The quantitative estimate of drug-likeness (QED) is 0.167. The molecule has 0 bridgehead atoms. The van der Waals surface area contributed by atoms with Crippen molar-refractivity contribution in [1.82, 2.24) is 0 Å². The molecule has 3 aromatic rings. The smallest absolute Gasteiger partial charge is 0.412 e. The molecule has 2 atom stereocenters. The number of para-hydroxylation sites is 1. The zero-order valence-corrected chi connectivity index (χ0v) is 21.9. The number of hydrogen-bond donors (Lipinski definition) is 3. The number of halogens is 1. The Labute approximate surface area is 222 Å². The average molecular weight is 572 g/mol. The molecule has 188 valence electrons. The van der Waals surface area contributed by atoms with Crippen molar-refractivity contribution in [1.29, 1.82) is 0 Å². The number of carboxylic acid groups (broad SMARTS) is 1. The lowest BCUT2D eigenvalue weighted by atomic mass is 9.99. The summed E-state index contributed by atoms with van der Waals surface area (Å²) in [6.45, 7) is 0. The molecule has 0 aliphatic heterocycles. The van der Waals surface area contributed by atoms with Crippen molar-refractivity contribution < 1.29 is 29.3 Å². The van der Waals surface area contributed by atoms with E-state index in [1.807, 2.05) is 36.6 Å². The minimum Gasteiger partial charge on any atom is -0.508 e. The molecule has 9 heteroatoms. The summed E-state index contributed by atoms with van der Waals surface area (Å²) < 4.78 is 12.7. The molecule has 3 rings (SSSR count). The topological polar surface area (TPSA) is 105 Å². The normalized spacial score (nSPS) is 12.6. The van der Waals surface area contributed by atoms with Crippen LogP contribution in [0.15, 0.2) is 94.3 Å². The van der Waals surface area contributed by atoms with E-state index in [1.165, 1.54) is 12.1 Å². The molecule has 1 amide bonds. The maximum Gasteiger partial charge on any atom is 0.412 e. The van der Waals surface area contributed by atoms with Crippen LogP contribution in [0.5, 0.6) is 11.5 Å². The lowest BCUT2D eigenvalue weighted by Crippen LogP contribution is -2.31. The summed E-state index contributed by atoms with van der Waals surface area (Å²) in [5, 5.41) is 22.3. The Bertz CT molecular complexity index is 1190. The first-order chi connectivity index (χ1) is 17.4. The molecule has 0 aliphatic rings. The van der Waals surface area contributed by atoms with Crippen LogP contribution in [0, 0.1) is 0 Å². The highest BCUT2D eigenvalue weighted by Gasteiger charge is 2.31. The molecule has 0 heterocycles. The first-order valence-corrected chi connectivity index (χ1v) is 13.1. The third kappa shape index (κ3) is 8.35. The summed E-state index contributed by atoms with van der Waals surface area (Å²) in [6, 6.07) is 21.2. The first kappa shape index (κ1) is 27.2. The first-order valence-electron chi connectivity index (χ1n) is 11.1. The zero-order valence-electron chi connectivity index (χ0n) is 19.5. The zero-order chi connectivity index (χ0) is 25.9. The van der Waals surface area contributed by atoms with Gasteiger partial charge in [0, 0.05) is 26.7 Å². The van der Waals surface area contributed by atoms with Gasteiger partial charge in [-0.15, -0.1) is 11.8 Å². The highest BCUT2D eigenvalue weighted by Crippen LogP contribution is 2.36. The molecule has 0 aliphatic carbocycles. The lowest BCUT2D eigenvalue weighted by molar-refractivity contribution is -0.131. The van der Waals surface area contributed by atoms with Gasteiger partial charge in [-0.25, -0.2) is 9.59 Å². The second kappa shape index (κ2) is 13.6. The predicted octanol–water partition coefficient (Wildman–Crippen LogP) is 7.04. The van der Waals surface area contributed by atoms with Crippen molar-refractivity contribution in [2.24, 2.45) is 0 Å². The number of carbonyl (C=O) groups excluding carboxylic acids is 1. The van der Waals surface area contributed by atoms with Gasteiger partial charge in [0.15, 0.2) is 6.10 Å². The second-order valence-electron chi connectivity index (χ2n) is 7.67. The fraction of sp³-hybridized carbons (Fsp3) is 0.185. The molecule has 0 radical (unpaired) electrons. The molecular weight excluding hydrogens is 546 g/mol. The van der Waals surface area contributed by atoms with Crippen LogP contribution in [-0.2, 0) is 9.53 Å². The number of anilines is 1. The van der Waals surface area contributed by atoms with Crippen LogP contribution in [-0.4, -0.2) is 34.6 Å². The Balaban J connectivity index is 1.91. The van der Waals surface area contributed by atoms with Crippen LogP contribution in [0.3, 0.4) is 0 Å². The second-order valence-corrected chi connectivity index (χ2v) is 9.47. The Hall–Kier alpha value is -3.43. The molecular formula is C27H26BrNO6S. The number of phenolic OH excluding ortho intramolecular Hbond substituents is 1. The molecule has 36 heavy (non-hydrogen) atoms. The summed E-state index contributed by atoms with van der Waals surface area (Å²) in [5.41, 5.74) is 0.903. The van der Waals surface area contributed by atoms with Crippen molar-refractivity contribution in [3.05, 3.63) is 95.0 Å². The van der Waals surface area contributed by atoms with Gasteiger partial charge in [-0.2, -0.15) is 0 Å². The molecule has 0 saturated carbocycles. The van der Waals surface area contributed by atoms with Crippen LogP contribution in [0.2, 0.25) is 0 Å². The number of aromatic hydroxyl groups is 1. The Kier molecular flexibility index (Phi) is 10.3. The molecule has 0 spiro atoms. The summed E-state index contributed by atoms with van der Waals surface area (Å²) >= 11 is 5.00. The summed E-state index contributed by atoms with van der Waals surface area (Å²) in [7, 11) is 0. The van der Waals surface area contributed by atoms with Gasteiger partial charge >= 0.3 is 12.1 Å². The standard InChI is InChI=1S/C27H26BrNO6S/c1-36-21-14-12-19(13-15-21)29-27(33)35-26(22-17-18(28)11-16-23(22)30)24(9-5-6-10-25(31)32)34-20-7-3-2-4-8-20/h2-4,6-8,10-17,24,26,30H,5,9H2,1H3,(H,29,33)(H,31,32)/b10-6+/t24-,26-/m1/s1. The monoisotopic (exact) mass is 571 g/mol. The van der Waals surface area contributed by atoms with Gasteiger partial charge < -0.3 is 19.7 Å². The molecule has 7 nitrogen and oxygen atoms in total. The number of amides is 1. The molecule has 3 aromatic carbocycles. The molecule has 0 saturated heterocycles. The van der Waals surface area contributed by atoms with E-state index in [2.05, 4.69) is 21.2 Å². The van der Waals surface area contributed by atoms with Crippen molar-refractivity contribution in [2.45, 2.75) is 29.9 Å². The van der Waals surface area contributed by atoms with Crippen LogP contribution in [0.1, 0.15) is 24.5 Å². The summed E-state index contributed by atoms with van der Waals surface area (Å²) in [5.74, 6) is -0.580. The lowest BCUT2D eigenvalue weighted by Gasteiger charge is -2.28. The molecule has 0 aromatic heterocycles. The number of allylic oxidation sites excluding steroid dienone is 1. The molecule has 0 fully saturated rings. The number of phenols is 1. The van der Waals surface area contributed by atoms with E-state index in [4.69, 9.17) is 14.6 Å². The molecule has 0 unspecified atom stereocenters. The number of rotatable bonds is 11. The minimum absolute atomic E-state index is 0.0666. The minimum atomic E-state index is -1.06. The Morgan fingerprint density at radius 2 is 1.81 bits per heavy atom. The van der Waals surface area contributed by atoms with E-state index in [0.717, 1.165) is 11.0 Å². The van der Waals surface area contributed by atoms with Gasteiger partial charge in [-0.05, 0) is 73.7 Å². The van der Waals surface area contributed by atoms with Gasteiger partial charge in [-0.3, -0.25) is 5.32 Å². The van der Waals surface area contributed by atoms with Gasteiger partial charge in [0.1, 0.15) is 17.6 Å². The van der Waals surface area contributed by atoms with E-state index in [0.29, 0.717) is 34.3 Å². The number of thioether (sulfide) groups is 1. The Morgan fingerprint density at radius 3 is 2.47 bits per heavy atom. The predicted molar refractivity (Wildman–Crippen MR) is 144 cm³/mol. The van der Waals surface area contributed by atoms with E-state index >= 15 is 0 Å².